The van der Waals surface area contributed by atoms with Crippen molar-refractivity contribution in [2.45, 2.75) is 19.4 Å². The molecule has 1 saturated heterocycles. The first-order valence-corrected chi connectivity index (χ1v) is 6.38. The third-order valence-corrected chi connectivity index (χ3v) is 3.62. The molecule has 94 valence electrons. The fourth-order valence-corrected chi connectivity index (χ4v) is 2.79. The summed E-state index contributed by atoms with van der Waals surface area (Å²) in [6.45, 7) is 5.23. The predicted octanol–water partition coefficient (Wildman–Crippen LogP) is 2.43. The molecule has 2 atom stereocenters. The van der Waals surface area contributed by atoms with Crippen LogP contribution in [0.15, 0.2) is 24.3 Å². The summed E-state index contributed by atoms with van der Waals surface area (Å²) in [5.41, 5.74) is 1.10. The second-order valence-corrected chi connectivity index (χ2v) is 4.84. The van der Waals surface area contributed by atoms with Gasteiger partial charge in [-0.15, -0.1) is 0 Å². The lowest BCUT2D eigenvalue weighted by Gasteiger charge is -2.25. The van der Waals surface area contributed by atoms with E-state index in [1.807, 2.05) is 6.07 Å². The van der Waals surface area contributed by atoms with Gasteiger partial charge in [0, 0.05) is 6.04 Å². The predicted molar refractivity (Wildman–Crippen MR) is 68.4 cm³/mol. The van der Waals surface area contributed by atoms with Crippen LogP contribution in [0.1, 0.15) is 24.9 Å². The van der Waals surface area contributed by atoms with Crippen molar-refractivity contribution in [3.63, 3.8) is 0 Å². The minimum absolute atomic E-state index is 0.134. The van der Waals surface area contributed by atoms with E-state index in [9.17, 15) is 4.39 Å². The molecule has 0 spiro atoms. The lowest BCUT2D eigenvalue weighted by atomic mass is 9.93. The molecule has 2 nitrogen and oxygen atoms in total. The summed E-state index contributed by atoms with van der Waals surface area (Å²) in [6, 6.07) is 7.38. The Morgan fingerprint density at radius 2 is 2.29 bits per heavy atom. The van der Waals surface area contributed by atoms with E-state index in [1.54, 1.807) is 12.1 Å². The molecule has 17 heavy (non-hydrogen) atoms. The number of likely N-dealkylation sites (tertiary alicyclic amines) is 1. The molecule has 1 aromatic rings. The maximum atomic E-state index is 13.3. The van der Waals surface area contributed by atoms with Crippen molar-refractivity contribution in [1.29, 1.82) is 0 Å². The molecule has 1 aromatic carbocycles. The number of hydrogen-bond acceptors (Lipinski definition) is 2. The minimum atomic E-state index is -0.134. The minimum Gasteiger partial charge on any atom is -0.317 e. The zero-order valence-electron chi connectivity index (χ0n) is 10.6. The summed E-state index contributed by atoms with van der Waals surface area (Å²) in [7, 11) is 2.13. The molecule has 0 saturated carbocycles. The lowest BCUT2D eigenvalue weighted by molar-refractivity contribution is 0.272. The van der Waals surface area contributed by atoms with Gasteiger partial charge in [-0.1, -0.05) is 19.1 Å². The molecule has 2 unspecified atom stereocenters. The number of nitrogens with zero attached hydrogens (tertiary/aromatic N) is 1. The third kappa shape index (κ3) is 2.85. The molecule has 3 heteroatoms. The lowest BCUT2D eigenvalue weighted by Crippen LogP contribution is -2.28. The molecule has 1 aliphatic heterocycles. The second-order valence-electron chi connectivity index (χ2n) is 4.84. The molecule has 0 aliphatic carbocycles. The van der Waals surface area contributed by atoms with Crippen molar-refractivity contribution < 1.29 is 4.39 Å². The molecule has 0 amide bonds. The number of hydrogen-bond donors (Lipinski definition) is 1. The van der Waals surface area contributed by atoms with E-state index in [4.69, 9.17) is 0 Å². The zero-order chi connectivity index (χ0) is 12.3. The van der Waals surface area contributed by atoms with Gasteiger partial charge in [0.2, 0.25) is 0 Å². The van der Waals surface area contributed by atoms with Crippen LogP contribution in [0.3, 0.4) is 0 Å². The standard InChI is InChI=1S/C14H21FN2/c1-3-16-10-12-7-8-17(2)14(12)11-5-4-6-13(15)9-11/h4-6,9,12,14,16H,3,7-8,10H2,1-2H3. The van der Waals surface area contributed by atoms with Gasteiger partial charge in [0.15, 0.2) is 0 Å². The van der Waals surface area contributed by atoms with Gasteiger partial charge in [-0.05, 0) is 56.7 Å². The summed E-state index contributed by atoms with van der Waals surface area (Å²) < 4.78 is 13.3. The highest BCUT2D eigenvalue weighted by atomic mass is 19.1. The smallest absolute Gasteiger partial charge is 0.123 e. The van der Waals surface area contributed by atoms with Crippen LogP contribution in [0.4, 0.5) is 4.39 Å². The van der Waals surface area contributed by atoms with Gasteiger partial charge in [0.25, 0.3) is 0 Å². The Morgan fingerprint density at radius 3 is 3.00 bits per heavy atom. The maximum absolute atomic E-state index is 13.3. The van der Waals surface area contributed by atoms with Crippen molar-refractivity contribution in [2.24, 2.45) is 5.92 Å². The first-order chi connectivity index (χ1) is 8.22. The van der Waals surface area contributed by atoms with Crippen molar-refractivity contribution >= 4 is 0 Å². The van der Waals surface area contributed by atoms with Gasteiger partial charge >= 0.3 is 0 Å². The normalized spacial score (nSPS) is 25.4. The molecular formula is C14H21FN2. The molecule has 1 fully saturated rings. The Hall–Kier alpha value is -0.930. The molecule has 1 heterocycles. The molecule has 1 N–H and O–H groups in total. The van der Waals surface area contributed by atoms with Crippen molar-refractivity contribution in [3.8, 4) is 0 Å². The Bertz CT molecular complexity index is 367. The van der Waals surface area contributed by atoms with E-state index in [1.165, 1.54) is 12.5 Å². The number of halogens is 1. The summed E-state index contributed by atoms with van der Waals surface area (Å²) >= 11 is 0. The van der Waals surface area contributed by atoms with Crippen LogP contribution in [0.2, 0.25) is 0 Å². The monoisotopic (exact) mass is 236 g/mol. The Labute approximate surface area is 103 Å². The Kier molecular flexibility index (Phi) is 4.13. The topological polar surface area (TPSA) is 15.3 Å². The van der Waals surface area contributed by atoms with Gasteiger partial charge in [-0.3, -0.25) is 4.90 Å². The van der Waals surface area contributed by atoms with Crippen LogP contribution < -0.4 is 5.32 Å². The van der Waals surface area contributed by atoms with Crippen LogP contribution in [0.25, 0.3) is 0 Å². The van der Waals surface area contributed by atoms with Gasteiger partial charge in [-0.2, -0.15) is 0 Å². The van der Waals surface area contributed by atoms with E-state index in [2.05, 4.69) is 24.2 Å². The van der Waals surface area contributed by atoms with Crippen LogP contribution in [-0.2, 0) is 0 Å². The highest BCUT2D eigenvalue weighted by Crippen LogP contribution is 2.35. The SMILES string of the molecule is CCNCC1CCN(C)C1c1cccc(F)c1. The van der Waals surface area contributed by atoms with Crippen molar-refractivity contribution in [1.82, 2.24) is 10.2 Å². The highest BCUT2D eigenvalue weighted by molar-refractivity contribution is 5.22. The van der Waals surface area contributed by atoms with Gasteiger partial charge < -0.3 is 5.32 Å². The first kappa shape index (κ1) is 12.5. The number of nitrogens with one attached hydrogen (secondary N) is 1. The summed E-state index contributed by atoms with van der Waals surface area (Å²) in [6.07, 6.45) is 1.19. The van der Waals surface area contributed by atoms with Crippen LogP contribution in [-0.4, -0.2) is 31.6 Å². The van der Waals surface area contributed by atoms with Crippen LogP contribution in [0, 0.1) is 11.7 Å². The molecular weight excluding hydrogens is 215 g/mol. The van der Waals surface area contributed by atoms with E-state index in [-0.39, 0.29) is 5.82 Å². The van der Waals surface area contributed by atoms with Crippen LogP contribution >= 0.6 is 0 Å². The number of benzene rings is 1. The van der Waals surface area contributed by atoms with E-state index in [0.717, 1.165) is 25.2 Å². The van der Waals surface area contributed by atoms with Gasteiger partial charge in [-0.25, -0.2) is 4.39 Å². The Balaban J connectivity index is 2.15. The summed E-state index contributed by atoms with van der Waals surface area (Å²) in [5, 5.41) is 3.40. The van der Waals surface area contributed by atoms with Gasteiger partial charge in [0.05, 0.1) is 0 Å². The number of rotatable bonds is 4. The molecule has 2 rings (SSSR count). The van der Waals surface area contributed by atoms with E-state index < -0.39 is 0 Å². The fraction of sp³-hybridized carbons (Fsp3) is 0.571. The molecule has 1 aliphatic rings. The Morgan fingerprint density at radius 1 is 1.47 bits per heavy atom. The summed E-state index contributed by atoms with van der Waals surface area (Å²) in [4.78, 5) is 2.33. The van der Waals surface area contributed by atoms with Crippen LogP contribution in [0.5, 0.6) is 0 Å². The summed E-state index contributed by atoms with van der Waals surface area (Å²) in [5.74, 6) is 0.451. The fourth-order valence-electron chi connectivity index (χ4n) is 2.79. The second kappa shape index (κ2) is 5.61. The largest absolute Gasteiger partial charge is 0.317 e. The third-order valence-electron chi connectivity index (χ3n) is 3.62. The molecule has 0 radical (unpaired) electrons. The van der Waals surface area contributed by atoms with Gasteiger partial charge in [0.1, 0.15) is 5.82 Å². The molecule has 0 aromatic heterocycles. The quantitative estimate of drug-likeness (QED) is 0.863. The van der Waals surface area contributed by atoms with Crippen molar-refractivity contribution in [3.05, 3.63) is 35.6 Å². The van der Waals surface area contributed by atoms with E-state index >= 15 is 0 Å². The van der Waals surface area contributed by atoms with E-state index in [0.29, 0.717) is 12.0 Å². The molecule has 0 bridgehead atoms. The highest BCUT2D eigenvalue weighted by Gasteiger charge is 2.32. The average molecular weight is 236 g/mol. The maximum Gasteiger partial charge on any atom is 0.123 e. The average Bonchev–Trinajstić information content (AvgIpc) is 2.68. The van der Waals surface area contributed by atoms with Crippen molar-refractivity contribution in [2.75, 3.05) is 26.7 Å². The first-order valence-electron chi connectivity index (χ1n) is 6.38. The zero-order valence-corrected chi connectivity index (χ0v) is 10.6.